The maximum absolute atomic E-state index is 9.56. The molecule has 0 spiro atoms. The van der Waals surface area contributed by atoms with Crippen molar-refractivity contribution in [2.75, 3.05) is 6.54 Å². The lowest BCUT2D eigenvalue weighted by molar-refractivity contribution is 0.239. The second kappa shape index (κ2) is 6.88. The first-order valence-corrected chi connectivity index (χ1v) is 6.98. The van der Waals surface area contributed by atoms with E-state index in [0.29, 0.717) is 0 Å². The molecular weight excluding hydrogens is 244 g/mol. The zero-order valence-corrected chi connectivity index (χ0v) is 12.1. The summed E-state index contributed by atoms with van der Waals surface area (Å²) in [6.45, 7) is 5.80. The Morgan fingerprint density at radius 1 is 1.10 bits per heavy atom. The quantitative estimate of drug-likeness (QED) is 0.813. The summed E-state index contributed by atoms with van der Waals surface area (Å²) in [5.74, 6) is 0. The maximum Gasteiger partial charge on any atom is 0.124 e. The molecule has 2 nitrogen and oxygen atoms in total. The molecule has 0 aliphatic rings. The Labute approximate surface area is 121 Å². The second-order valence-corrected chi connectivity index (χ2v) is 4.99. The van der Waals surface area contributed by atoms with Gasteiger partial charge < -0.3 is 0 Å². The van der Waals surface area contributed by atoms with Gasteiger partial charge in [0.2, 0.25) is 0 Å². The van der Waals surface area contributed by atoms with E-state index in [1.807, 2.05) is 30.3 Å². The lowest BCUT2D eigenvalue weighted by Crippen LogP contribution is -2.27. The van der Waals surface area contributed by atoms with Crippen LogP contribution in [-0.2, 0) is 6.54 Å². The second-order valence-electron chi connectivity index (χ2n) is 4.99. The lowest BCUT2D eigenvalue weighted by atomic mass is 10.0. The van der Waals surface area contributed by atoms with Crippen LogP contribution in [0.15, 0.2) is 54.6 Å². The van der Waals surface area contributed by atoms with Crippen LogP contribution in [0.5, 0.6) is 0 Å². The lowest BCUT2D eigenvalue weighted by Gasteiger charge is -2.26. The number of rotatable bonds is 5. The van der Waals surface area contributed by atoms with Gasteiger partial charge in [0, 0.05) is 6.54 Å². The van der Waals surface area contributed by atoms with Crippen molar-refractivity contribution < 1.29 is 0 Å². The van der Waals surface area contributed by atoms with Gasteiger partial charge in [-0.25, -0.2) is 0 Å². The van der Waals surface area contributed by atoms with Gasteiger partial charge in [-0.3, -0.25) is 4.90 Å². The van der Waals surface area contributed by atoms with E-state index in [2.05, 4.69) is 49.1 Å². The van der Waals surface area contributed by atoms with Crippen molar-refractivity contribution in [3.63, 3.8) is 0 Å². The van der Waals surface area contributed by atoms with Crippen LogP contribution in [-0.4, -0.2) is 11.4 Å². The summed E-state index contributed by atoms with van der Waals surface area (Å²) in [4.78, 5) is 2.20. The van der Waals surface area contributed by atoms with Gasteiger partial charge in [-0.2, -0.15) is 5.26 Å². The smallest absolute Gasteiger partial charge is 0.124 e. The molecule has 0 N–H and O–H groups in total. The molecule has 1 atom stereocenters. The fourth-order valence-corrected chi connectivity index (χ4v) is 2.41. The summed E-state index contributed by atoms with van der Waals surface area (Å²) in [7, 11) is 0. The van der Waals surface area contributed by atoms with Crippen molar-refractivity contribution in [1.82, 2.24) is 4.90 Å². The molecule has 0 heterocycles. The van der Waals surface area contributed by atoms with Crippen LogP contribution in [0.3, 0.4) is 0 Å². The predicted molar refractivity (Wildman–Crippen MR) is 82.1 cm³/mol. The van der Waals surface area contributed by atoms with Gasteiger partial charge in [-0.1, -0.05) is 67.1 Å². The van der Waals surface area contributed by atoms with E-state index in [1.165, 1.54) is 11.1 Å². The van der Waals surface area contributed by atoms with E-state index >= 15 is 0 Å². The van der Waals surface area contributed by atoms with Crippen LogP contribution in [0.4, 0.5) is 0 Å². The molecule has 0 aliphatic heterocycles. The molecule has 0 radical (unpaired) electrons. The highest BCUT2D eigenvalue weighted by Gasteiger charge is 2.18. The summed E-state index contributed by atoms with van der Waals surface area (Å²) in [6.07, 6.45) is 0. The topological polar surface area (TPSA) is 27.0 Å². The molecule has 102 valence electrons. The largest absolute Gasteiger partial charge is 0.280 e. The number of hydrogen-bond acceptors (Lipinski definition) is 2. The van der Waals surface area contributed by atoms with Crippen LogP contribution in [0, 0.1) is 18.3 Å². The molecular formula is C18H20N2. The molecule has 0 amide bonds. The summed E-state index contributed by atoms with van der Waals surface area (Å²) in [5, 5.41) is 9.56. The highest BCUT2D eigenvalue weighted by Crippen LogP contribution is 2.22. The van der Waals surface area contributed by atoms with E-state index in [-0.39, 0.29) is 6.04 Å². The summed E-state index contributed by atoms with van der Waals surface area (Å²) in [5.41, 5.74) is 3.51. The Morgan fingerprint density at radius 3 is 2.45 bits per heavy atom. The molecule has 0 fully saturated rings. The van der Waals surface area contributed by atoms with E-state index < -0.39 is 0 Å². The third-order valence-electron chi connectivity index (χ3n) is 3.48. The summed E-state index contributed by atoms with van der Waals surface area (Å²) in [6, 6.07) is 20.8. The fourth-order valence-electron chi connectivity index (χ4n) is 2.41. The van der Waals surface area contributed by atoms with Gasteiger partial charge in [-0.05, 0) is 24.6 Å². The first-order valence-electron chi connectivity index (χ1n) is 6.98. The van der Waals surface area contributed by atoms with Crippen molar-refractivity contribution in [3.8, 4) is 6.07 Å². The molecule has 2 rings (SSSR count). The molecule has 1 unspecified atom stereocenters. The number of hydrogen-bond donors (Lipinski definition) is 0. The first kappa shape index (κ1) is 14.3. The van der Waals surface area contributed by atoms with Crippen LogP contribution in [0.1, 0.15) is 29.7 Å². The normalized spacial score (nSPS) is 12.1. The summed E-state index contributed by atoms with van der Waals surface area (Å²) < 4.78 is 0. The molecule has 0 aromatic heterocycles. The van der Waals surface area contributed by atoms with E-state index in [4.69, 9.17) is 0 Å². The Kier molecular flexibility index (Phi) is 4.92. The van der Waals surface area contributed by atoms with Crippen molar-refractivity contribution >= 4 is 0 Å². The standard InChI is InChI=1S/C18H20N2/c1-3-20(14-16-9-5-4-6-10-16)18(13-19)17-11-7-8-15(2)12-17/h4-12,18H,3,14H2,1-2H3. The number of benzene rings is 2. The predicted octanol–water partition coefficient (Wildman–Crippen LogP) is 4.08. The minimum atomic E-state index is -0.194. The third kappa shape index (κ3) is 3.46. The SMILES string of the molecule is CCN(Cc1ccccc1)C(C#N)c1cccc(C)c1. The molecule has 0 aliphatic carbocycles. The number of nitriles is 1. The summed E-state index contributed by atoms with van der Waals surface area (Å²) >= 11 is 0. The zero-order valence-electron chi connectivity index (χ0n) is 12.1. The molecule has 0 saturated carbocycles. The van der Waals surface area contributed by atoms with E-state index in [9.17, 15) is 5.26 Å². The van der Waals surface area contributed by atoms with Crippen molar-refractivity contribution in [2.24, 2.45) is 0 Å². The minimum absolute atomic E-state index is 0.194. The van der Waals surface area contributed by atoms with Gasteiger partial charge in [0.15, 0.2) is 0 Å². The molecule has 0 saturated heterocycles. The molecule has 2 heteroatoms. The zero-order chi connectivity index (χ0) is 14.4. The van der Waals surface area contributed by atoms with Gasteiger partial charge in [0.05, 0.1) is 6.07 Å². The Bertz CT molecular complexity index is 584. The number of nitrogens with zero attached hydrogens (tertiary/aromatic N) is 2. The third-order valence-corrected chi connectivity index (χ3v) is 3.48. The van der Waals surface area contributed by atoms with Gasteiger partial charge in [-0.15, -0.1) is 0 Å². The van der Waals surface area contributed by atoms with Crippen LogP contribution in [0.25, 0.3) is 0 Å². The molecule has 2 aromatic rings. The Hall–Kier alpha value is -2.11. The average molecular weight is 264 g/mol. The van der Waals surface area contributed by atoms with Crippen LogP contribution >= 0.6 is 0 Å². The van der Waals surface area contributed by atoms with Crippen LogP contribution in [0.2, 0.25) is 0 Å². The molecule has 2 aromatic carbocycles. The Morgan fingerprint density at radius 2 is 1.85 bits per heavy atom. The minimum Gasteiger partial charge on any atom is -0.280 e. The highest BCUT2D eigenvalue weighted by atomic mass is 15.1. The fraction of sp³-hybridized carbons (Fsp3) is 0.278. The van der Waals surface area contributed by atoms with E-state index in [1.54, 1.807) is 0 Å². The van der Waals surface area contributed by atoms with Crippen molar-refractivity contribution in [1.29, 1.82) is 5.26 Å². The molecule has 0 bridgehead atoms. The molecule has 20 heavy (non-hydrogen) atoms. The van der Waals surface area contributed by atoms with Crippen molar-refractivity contribution in [2.45, 2.75) is 26.4 Å². The van der Waals surface area contributed by atoms with Gasteiger partial charge >= 0.3 is 0 Å². The van der Waals surface area contributed by atoms with Crippen LogP contribution < -0.4 is 0 Å². The van der Waals surface area contributed by atoms with Gasteiger partial charge in [0.25, 0.3) is 0 Å². The number of aryl methyl sites for hydroxylation is 1. The highest BCUT2D eigenvalue weighted by molar-refractivity contribution is 5.29. The monoisotopic (exact) mass is 264 g/mol. The van der Waals surface area contributed by atoms with Gasteiger partial charge in [0.1, 0.15) is 6.04 Å². The maximum atomic E-state index is 9.56. The van der Waals surface area contributed by atoms with Crippen molar-refractivity contribution in [3.05, 3.63) is 71.3 Å². The first-order chi connectivity index (χ1) is 9.74. The van der Waals surface area contributed by atoms with E-state index in [0.717, 1.165) is 18.7 Å². The Balaban J connectivity index is 2.22. The average Bonchev–Trinajstić information content (AvgIpc) is 2.48.